The highest BCUT2D eigenvalue weighted by Crippen LogP contribution is 2.31. The minimum atomic E-state index is -1.00. The third kappa shape index (κ3) is 3.76. The zero-order valence-corrected chi connectivity index (χ0v) is 12.9. The summed E-state index contributed by atoms with van der Waals surface area (Å²) in [4.78, 5) is 14.2. The second-order valence-electron chi connectivity index (χ2n) is 5.86. The molecule has 1 fully saturated rings. The molecular weight excluding hydrogens is 317 g/mol. The second kappa shape index (κ2) is 7.05. The first-order chi connectivity index (χ1) is 11.5. The number of hydrogen-bond acceptors (Lipinski definition) is 2. The summed E-state index contributed by atoms with van der Waals surface area (Å²) in [5.74, 6) is -2.54. The number of carbonyl (C=O) groups excluding carboxylic acids is 1. The van der Waals surface area contributed by atoms with Crippen molar-refractivity contribution in [2.24, 2.45) is 0 Å². The van der Waals surface area contributed by atoms with E-state index in [1.54, 1.807) is 12.1 Å². The summed E-state index contributed by atoms with van der Waals surface area (Å²) in [5.41, 5.74) is 1.19. The maximum Gasteiger partial charge on any atom is 0.238 e. The number of anilines is 1. The Morgan fingerprint density at radius 1 is 1.08 bits per heavy atom. The van der Waals surface area contributed by atoms with Crippen LogP contribution in [0.3, 0.4) is 0 Å². The van der Waals surface area contributed by atoms with E-state index in [1.807, 2.05) is 4.90 Å². The fraction of sp³-hybridized carbons (Fsp3) is 0.278. The minimum absolute atomic E-state index is 0.0568. The zero-order valence-electron chi connectivity index (χ0n) is 12.9. The van der Waals surface area contributed by atoms with Crippen LogP contribution in [0.2, 0.25) is 0 Å². The van der Waals surface area contributed by atoms with Crippen LogP contribution in [-0.4, -0.2) is 23.9 Å². The van der Waals surface area contributed by atoms with Crippen molar-refractivity contribution in [2.45, 2.75) is 18.9 Å². The van der Waals surface area contributed by atoms with E-state index in [9.17, 15) is 18.0 Å². The smallest absolute Gasteiger partial charge is 0.238 e. The molecule has 1 atom stereocenters. The summed E-state index contributed by atoms with van der Waals surface area (Å²) in [6, 6.07) is 9.58. The van der Waals surface area contributed by atoms with Crippen LogP contribution in [0.1, 0.15) is 24.4 Å². The Kier molecular flexibility index (Phi) is 4.85. The summed E-state index contributed by atoms with van der Waals surface area (Å²) < 4.78 is 39.1. The number of halogens is 3. The number of nitrogens with zero attached hydrogens (tertiary/aromatic N) is 1. The molecule has 0 aromatic heterocycles. The van der Waals surface area contributed by atoms with Gasteiger partial charge in [0.05, 0.1) is 6.54 Å². The van der Waals surface area contributed by atoms with E-state index in [1.165, 1.54) is 18.2 Å². The molecule has 24 heavy (non-hydrogen) atoms. The lowest BCUT2D eigenvalue weighted by Gasteiger charge is -2.24. The van der Waals surface area contributed by atoms with Gasteiger partial charge in [0.2, 0.25) is 5.91 Å². The third-order valence-corrected chi connectivity index (χ3v) is 4.17. The molecule has 126 valence electrons. The van der Waals surface area contributed by atoms with Crippen molar-refractivity contribution < 1.29 is 18.0 Å². The molecule has 1 aliphatic rings. The van der Waals surface area contributed by atoms with E-state index in [-0.39, 0.29) is 30.0 Å². The normalized spacial score (nSPS) is 17.9. The molecule has 1 saturated heterocycles. The summed E-state index contributed by atoms with van der Waals surface area (Å²) in [7, 11) is 0. The average Bonchev–Trinajstić information content (AvgIpc) is 2.99. The number of rotatable bonds is 4. The first kappa shape index (κ1) is 16.5. The molecule has 0 unspecified atom stereocenters. The Bertz CT molecular complexity index is 734. The van der Waals surface area contributed by atoms with Crippen molar-refractivity contribution in [1.29, 1.82) is 0 Å². The second-order valence-corrected chi connectivity index (χ2v) is 5.86. The molecule has 0 saturated carbocycles. The minimum Gasteiger partial charge on any atom is -0.325 e. The van der Waals surface area contributed by atoms with Crippen LogP contribution in [0.25, 0.3) is 0 Å². The molecule has 1 aliphatic heterocycles. The lowest BCUT2D eigenvalue weighted by molar-refractivity contribution is -0.117. The van der Waals surface area contributed by atoms with E-state index in [4.69, 9.17) is 0 Å². The van der Waals surface area contributed by atoms with Gasteiger partial charge >= 0.3 is 0 Å². The Labute approximate surface area is 138 Å². The lowest BCUT2D eigenvalue weighted by Crippen LogP contribution is -2.33. The predicted octanol–water partition coefficient (Wildman–Crippen LogP) is 3.88. The van der Waals surface area contributed by atoms with Gasteiger partial charge in [-0.1, -0.05) is 12.1 Å². The van der Waals surface area contributed by atoms with Crippen molar-refractivity contribution in [3.05, 3.63) is 65.5 Å². The fourth-order valence-corrected chi connectivity index (χ4v) is 3.04. The summed E-state index contributed by atoms with van der Waals surface area (Å²) in [5, 5.41) is 2.57. The van der Waals surface area contributed by atoms with Crippen LogP contribution in [0.4, 0.5) is 18.9 Å². The number of benzene rings is 2. The Morgan fingerprint density at radius 3 is 2.54 bits per heavy atom. The molecule has 3 rings (SSSR count). The van der Waals surface area contributed by atoms with Gasteiger partial charge < -0.3 is 5.32 Å². The van der Waals surface area contributed by atoms with Crippen LogP contribution >= 0.6 is 0 Å². The van der Waals surface area contributed by atoms with Crippen LogP contribution in [0.5, 0.6) is 0 Å². The summed E-state index contributed by atoms with van der Waals surface area (Å²) in [6.07, 6.45) is 1.84. The Balaban J connectivity index is 1.64. The fourth-order valence-electron chi connectivity index (χ4n) is 3.04. The van der Waals surface area contributed by atoms with Crippen molar-refractivity contribution in [2.75, 3.05) is 18.4 Å². The largest absolute Gasteiger partial charge is 0.325 e. The zero-order chi connectivity index (χ0) is 17.1. The molecule has 1 amide bonds. The number of likely N-dealkylation sites (tertiary alicyclic amines) is 1. The lowest BCUT2D eigenvalue weighted by atomic mass is 10.0. The highest BCUT2D eigenvalue weighted by atomic mass is 19.2. The van der Waals surface area contributed by atoms with Gasteiger partial charge in [-0.15, -0.1) is 0 Å². The van der Waals surface area contributed by atoms with Crippen molar-refractivity contribution in [1.82, 2.24) is 4.90 Å². The number of nitrogens with one attached hydrogen (secondary N) is 1. The number of amides is 1. The highest BCUT2D eigenvalue weighted by molar-refractivity contribution is 5.92. The molecule has 0 radical (unpaired) electrons. The molecule has 0 bridgehead atoms. The summed E-state index contributed by atoms with van der Waals surface area (Å²) >= 11 is 0. The third-order valence-electron chi connectivity index (χ3n) is 4.17. The Morgan fingerprint density at radius 2 is 1.83 bits per heavy atom. The van der Waals surface area contributed by atoms with E-state index in [0.29, 0.717) is 0 Å². The summed E-state index contributed by atoms with van der Waals surface area (Å²) in [6.45, 7) is 0.897. The van der Waals surface area contributed by atoms with Crippen LogP contribution in [0.15, 0.2) is 42.5 Å². The van der Waals surface area contributed by atoms with Crippen LogP contribution < -0.4 is 5.32 Å². The SMILES string of the molecule is O=C(CN1CCC[C@H]1c1ccc(F)cc1)Nc1ccc(F)c(F)c1. The molecule has 0 spiro atoms. The predicted molar refractivity (Wildman–Crippen MR) is 84.9 cm³/mol. The van der Waals surface area contributed by atoms with E-state index >= 15 is 0 Å². The molecule has 1 heterocycles. The molecule has 1 N–H and O–H groups in total. The van der Waals surface area contributed by atoms with Gasteiger partial charge in [-0.25, -0.2) is 13.2 Å². The first-order valence-corrected chi connectivity index (χ1v) is 7.77. The van der Waals surface area contributed by atoms with Crippen molar-refractivity contribution in [3.63, 3.8) is 0 Å². The topological polar surface area (TPSA) is 32.3 Å². The average molecular weight is 334 g/mol. The van der Waals surface area contributed by atoms with E-state index in [2.05, 4.69) is 5.32 Å². The monoisotopic (exact) mass is 334 g/mol. The quantitative estimate of drug-likeness (QED) is 0.920. The molecule has 0 aliphatic carbocycles. The van der Waals surface area contributed by atoms with Crippen LogP contribution in [-0.2, 0) is 4.79 Å². The Hall–Kier alpha value is -2.34. The molecule has 3 nitrogen and oxygen atoms in total. The van der Waals surface area contributed by atoms with Crippen molar-refractivity contribution >= 4 is 11.6 Å². The number of hydrogen-bond donors (Lipinski definition) is 1. The van der Waals surface area contributed by atoms with Gasteiger partial charge in [-0.05, 0) is 49.2 Å². The maximum atomic E-state index is 13.2. The molecule has 2 aromatic carbocycles. The maximum absolute atomic E-state index is 13.2. The standard InChI is InChI=1S/C18H17F3N2O/c19-13-5-3-12(4-6-13)17-2-1-9-23(17)11-18(24)22-14-7-8-15(20)16(21)10-14/h3-8,10,17H,1-2,9,11H2,(H,22,24)/t17-/m0/s1. The molecule has 2 aromatic rings. The van der Waals surface area contributed by atoms with Crippen LogP contribution in [0, 0.1) is 17.5 Å². The molecule has 6 heteroatoms. The molecular formula is C18H17F3N2O. The van der Waals surface area contributed by atoms with Gasteiger partial charge in [0.15, 0.2) is 11.6 Å². The highest BCUT2D eigenvalue weighted by Gasteiger charge is 2.27. The van der Waals surface area contributed by atoms with Gasteiger partial charge in [0.1, 0.15) is 5.82 Å². The van der Waals surface area contributed by atoms with Crippen molar-refractivity contribution in [3.8, 4) is 0 Å². The number of carbonyl (C=O) groups is 1. The van der Waals surface area contributed by atoms with Gasteiger partial charge in [-0.2, -0.15) is 0 Å². The van der Waals surface area contributed by atoms with Gasteiger partial charge in [-0.3, -0.25) is 9.69 Å². The van der Waals surface area contributed by atoms with Gasteiger partial charge in [0.25, 0.3) is 0 Å². The van der Waals surface area contributed by atoms with Gasteiger partial charge in [0, 0.05) is 17.8 Å². The van der Waals surface area contributed by atoms with E-state index < -0.39 is 11.6 Å². The van der Waals surface area contributed by atoms with E-state index in [0.717, 1.165) is 37.1 Å². The first-order valence-electron chi connectivity index (χ1n) is 7.77.